The summed E-state index contributed by atoms with van der Waals surface area (Å²) in [7, 11) is 0. The highest BCUT2D eigenvalue weighted by atomic mass is 16.5. The third-order valence-electron chi connectivity index (χ3n) is 1.87. The van der Waals surface area contributed by atoms with Crippen LogP contribution in [0.5, 0.6) is 0 Å². The standard InChI is InChI=1S/C9H13NO3/c1-3-4-7(9(11)12)8-5-6(2)10-13-8/h5,7H,3-4H2,1-2H3,(H,11,12). The summed E-state index contributed by atoms with van der Waals surface area (Å²) in [5, 5.41) is 12.5. The summed E-state index contributed by atoms with van der Waals surface area (Å²) in [5.41, 5.74) is 0.720. The first-order valence-corrected chi connectivity index (χ1v) is 4.31. The molecule has 72 valence electrons. The quantitative estimate of drug-likeness (QED) is 0.774. The van der Waals surface area contributed by atoms with Gasteiger partial charge in [0.25, 0.3) is 0 Å². The molecule has 0 bridgehead atoms. The molecule has 0 radical (unpaired) electrons. The highest BCUT2D eigenvalue weighted by Gasteiger charge is 2.22. The van der Waals surface area contributed by atoms with E-state index in [-0.39, 0.29) is 0 Å². The van der Waals surface area contributed by atoms with Crippen LogP contribution >= 0.6 is 0 Å². The molecule has 1 heterocycles. The van der Waals surface area contributed by atoms with Gasteiger partial charge in [-0.3, -0.25) is 4.79 Å². The van der Waals surface area contributed by atoms with Gasteiger partial charge in [0.2, 0.25) is 0 Å². The average Bonchev–Trinajstić information content (AvgIpc) is 2.46. The number of carboxylic acid groups (broad SMARTS) is 1. The molecule has 0 aliphatic rings. The maximum atomic E-state index is 10.8. The van der Waals surface area contributed by atoms with Crippen LogP contribution in [-0.4, -0.2) is 16.2 Å². The summed E-state index contributed by atoms with van der Waals surface area (Å²) >= 11 is 0. The second kappa shape index (κ2) is 4.07. The lowest BCUT2D eigenvalue weighted by molar-refractivity contribution is -0.139. The van der Waals surface area contributed by atoms with E-state index >= 15 is 0 Å². The van der Waals surface area contributed by atoms with Crippen molar-refractivity contribution < 1.29 is 14.4 Å². The number of aliphatic carboxylic acids is 1. The van der Waals surface area contributed by atoms with Crippen molar-refractivity contribution in [3.05, 3.63) is 17.5 Å². The molecule has 0 aromatic carbocycles. The Labute approximate surface area is 76.5 Å². The van der Waals surface area contributed by atoms with Gasteiger partial charge in [0.1, 0.15) is 5.92 Å². The van der Waals surface area contributed by atoms with Crippen LogP contribution in [0.3, 0.4) is 0 Å². The van der Waals surface area contributed by atoms with Crippen molar-refractivity contribution in [2.45, 2.75) is 32.6 Å². The van der Waals surface area contributed by atoms with Crippen molar-refractivity contribution >= 4 is 5.97 Å². The van der Waals surface area contributed by atoms with Gasteiger partial charge in [-0.05, 0) is 13.3 Å². The number of rotatable bonds is 4. The van der Waals surface area contributed by atoms with Gasteiger partial charge in [-0.15, -0.1) is 0 Å². The van der Waals surface area contributed by atoms with Gasteiger partial charge in [0, 0.05) is 6.07 Å². The van der Waals surface area contributed by atoms with E-state index in [9.17, 15) is 4.79 Å². The fourth-order valence-corrected chi connectivity index (χ4v) is 1.22. The van der Waals surface area contributed by atoms with Crippen LogP contribution in [-0.2, 0) is 4.79 Å². The molecule has 0 saturated heterocycles. The number of aromatic nitrogens is 1. The number of carbonyl (C=O) groups is 1. The topological polar surface area (TPSA) is 63.3 Å². The predicted molar refractivity (Wildman–Crippen MR) is 46.5 cm³/mol. The molecule has 1 N–H and O–H groups in total. The lowest BCUT2D eigenvalue weighted by Gasteiger charge is -2.05. The van der Waals surface area contributed by atoms with E-state index in [1.807, 2.05) is 6.92 Å². The van der Waals surface area contributed by atoms with Crippen molar-refractivity contribution in [1.29, 1.82) is 0 Å². The molecule has 1 aromatic rings. The summed E-state index contributed by atoms with van der Waals surface area (Å²) in [6, 6.07) is 1.68. The van der Waals surface area contributed by atoms with Crippen LogP contribution in [0, 0.1) is 6.92 Å². The zero-order valence-electron chi connectivity index (χ0n) is 7.78. The Morgan fingerprint density at radius 3 is 2.85 bits per heavy atom. The molecular formula is C9H13NO3. The minimum Gasteiger partial charge on any atom is -0.481 e. The Kier molecular flexibility index (Phi) is 3.06. The second-order valence-corrected chi connectivity index (χ2v) is 3.05. The molecule has 13 heavy (non-hydrogen) atoms. The summed E-state index contributed by atoms with van der Waals surface area (Å²) < 4.78 is 4.91. The second-order valence-electron chi connectivity index (χ2n) is 3.05. The minimum atomic E-state index is -0.849. The van der Waals surface area contributed by atoms with Gasteiger partial charge in [-0.25, -0.2) is 0 Å². The van der Waals surface area contributed by atoms with Gasteiger partial charge >= 0.3 is 5.97 Å². The van der Waals surface area contributed by atoms with Gasteiger partial charge in [-0.2, -0.15) is 0 Å². The van der Waals surface area contributed by atoms with Crippen LogP contribution < -0.4 is 0 Å². The molecule has 0 aliphatic carbocycles. The molecule has 0 fully saturated rings. The van der Waals surface area contributed by atoms with Crippen LogP contribution in [0.4, 0.5) is 0 Å². The van der Waals surface area contributed by atoms with Crippen LogP contribution in [0.25, 0.3) is 0 Å². The van der Waals surface area contributed by atoms with E-state index < -0.39 is 11.9 Å². The molecule has 1 unspecified atom stereocenters. The molecule has 4 heteroatoms. The normalized spacial score (nSPS) is 12.8. The maximum Gasteiger partial charge on any atom is 0.314 e. The zero-order chi connectivity index (χ0) is 9.84. The summed E-state index contributed by atoms with van der Waals surface area (Å²) in [5.74, 6) is -0.948. The number of hydrogen-bond donors (Lipinski definition) is 1. The van der Waals surface area contributed by atoms with Crippen molar-refractivity contribution in [3.8, 4) is 0 Å². The molecule has 0 spiro atoms. The van der Waals surface area contributed by atoms with Gasteiger partial charge in [0.15, 0.2) is 5.76 Å². The lowest BCUT2D eigenvalue weighted by Crippen LogP contribution is -2.10. The predicted octanol–water partition coefficient (Wildman–Crippen LogP) is 1.95. The first-order chi connectivity index (χ1) is 6.15. The molecule has 4 nitrogen and oxygen atoms in total. The van der Waals surface area contributed by atoms with Crippen LogP contribution in [0.1, 0.15) is 37.1 Å². The number of aryl methyl sites for hydroxylation is 1. The Hall–Kier alpha value is -1.32. The maximum absolute atomic E-state index is 10.8. The third kappa shape index (κ3) is 2.31. The van der Waals surface area contributed by atoms with Crippen molar-refractivity contribution in [1.82, 2.24) is 5.16 Å². The average molecular weight is 183 g/mol. The molecule has 1 aromatic heterocycles. The van der Waals surface area contributed by atoms with E-state index in [0.29, 0.717) is 12.2 Å². The van der Waals surface area contributed by atoms with E-state index in [1.165, 1.54) is 0 Å². The molecule has 0 amide bonds. The Morgan fingerprint density at radius 2 is 2.46 bits per heavy atom. The molecule has 0 aliphatic heterocycles. The van der Waals surface area contributed by atoms with Crippen molar-refractivity contribution in [2.24, 2.45) is 0 Å². The first kappa shape index (κ1) is 9.77. The smallest absolute Gasteiger partial charge is 0.314 e. The SMILES string of the molecule is CCCC(C(=O)O)c1cc(C)no1. The highest BCUT2D eigenvalue weighted by molar-refractivity contribution is 5.75. The van der Waals surface area contributed by atoms with E-state index in [0.717, 1.165) is 12.1 Å². The number of nitrogens with zero attached hydrogens (tertiary/aromatic N) is 1. The Morgan fingerprint density at radius 1 is 1.77 bits per heavy atom. The summed E-state index contributed by atoms with van der Waals surface area (Å²) in [6.07, 6.45) is 1.40. The Bertz CT molecular complexity index is 293. The lowest BCUT2D eigenvalue weighted by atomic mass is 10.0. The van der Waals surface area contributed by atoms with Gasteiger partial charge in [-0.1, -0.05) is 18.5 Å². The largest absolute Gasteiger partial charge is 0.481 e. The first-order valence-electron chi connectivity index (χ1n) is 4.31. The third-order valence-corrected chi connectivity index (χ3v) is 1.87. The number of carboxylic acids is 1. The van der Waals surface area contributed by atoms with Gasteiger partial charge in [0.05, 0.1) is 5.69 Å². The molecule has 0 saturated carbocycles. The van der Waals surface area contributed by atoms with Crippen molar-refractivity contribution in [2.75, 3.05) is 0 Å². The fourth-order valence-electron chi connectivity index (χ4n) is 1.22. The molecular weight excluding hydrogens is 170 g/mol. The van der Waals surface area contributed by atoms with E-state index in [2.05, 4.69) is 5.16 Å². The van der Waals surface area contributed by atoms with E-state index in [1.54, 1.807) is 13.0 Å². The van der Waals surface area contributed by atoms with E-state index in [4.69, 9.17) is 9.63 Å². The summed E-state index contributed by atoms with van der Waals surface area (Å²) in [4.78, 5) is 10.8. The molecule has 1 atom stereocenters. The van der Waals surface area contributed by atoms with Crippen molar-refractivity contribution in [3.63, 3.8) is 0 Å². The Balaban J connectivity index is 2.81. The van der Waals surface area contributed by atoms with Crippen LogP contribution in [0.15, 0.2) is 10.6 Å². The van der Waals surface area contributed by atoms with Crippen LogP contribution in [0.2, 0.25) is 0 Å². The highest BCUT2D eigenvalue weighted by Crippen LogP contribution is 2.21. The zero-order valence-corrected chi connectivity index (χ0v) is 7.78. The number of hydrogen-bond acceptors (Lipinski definition) is 3. The van der Waals surface area contributed by atoms with Gasteiger partial charge < -0.3 is 9.63 Å². The minimum absolute atomic E-state index is 0.451. The monoisotopic (exact) mass is 183 g/mol. The molecule has 1 rings (SSSR count). The summed E-state index contributed by atoms with van der Waals surface area (Å²) in [6.45, 7) is 3.72. The fraction of sp³-hybridized carbons (Fsp3) is 0.556.